The third-order valence-electron chi connectivity index (χ3n) is 5.00. The highest BCUT2D eigenvalue weighted by Gasteiger charge is 2.19. The molecule has 1 aromatic rings. The van der Waals surface area contributed by atoms with Crippen LogP contribution in [0.15, 0.2) is 12.1 Å². The first kappa shape index (κ1) is 21.9. The van der Waals surface area contributed by atoms with Crippen molar-refractivity contribution in [1.29, 1.82) is 0 Å². The van der Waals surface area contributed by atoms with Gasteiger partial charge in [0.1, 0.15) is 0 Å². The SMILES string of the molecule is CCC(=O)N1CCCN(CC(=O)NCC(=O)Nc2c(C)cc(C)cc2C)CC1. The fourth-order valence-electron chi connectivity index (χ4n) is 3.60. The maximum Gasteiger partial charge on any atom is 0.243 e. The van der Waals surface area contributed by atoms with Gasteiger partial charge < -0.3 is 15.5 Å². The van der Waals surface area contributed by atoms with Crippen LogP contribution in [0.3, 0.4) is 0 Å². The first-order valence-electron chi connectivity index (χ1n) is 9.94. The zero-order valence-electron chi connectivity index (χ0n) is 17.4. The average molecular weight is 389 g/mol. The Morgan fingerprint density at radius 1 is 0.964 bits per heavy atom. The Morgan fingerprint density at radius 3 is 2.29 bits per heavy atom. The van der Waals surface area contributed by atoms with Crippen LogP contribution in [0.25, 0.3) is 0 Å². The lowest BCUT2D eigenvalue weighted by atomic mass is 10.1. The zero-order chi connectivity index (χ0) is 20.7. The van der Waals surface area contributed by atoms with Crippen LogP contribution >= 0.6 is 0 Å². The molecule has 0 unspecified atom stereocenters. The van der Waals surface area contributed by atoms with Gasteiger partial charge in [-0.2, -0.15) is 0 Å². The van der Waals surface area contributed by atoms with Gasteiger partial charge in [-0.05, 0) is 38.3 Å². The maximum atomic E-state index is 12.2. The van der Waals surface area contributed by atoms with Gasteiger partial charge in [0.25, 0.3) is 0 Å². The van der Waals surface area contributed by atoms with E-state index in [-0.39, 0.29) is 30.8 Å². The highest BCUT2D eigenvalue weighted by Crippen LogP contribution is 2.21. The molecule has 28 heavy (non-hydrogen) atoms. The topological polar surface area (TPSA) is 81.8 Å². The van der Waals surface area contributed by atoms with Crippen molar-refractivity contribution in [2.24, 2.45) is 0 Å². The molecule has 0 saturated carbocycles. The summed E-state index contributed by atoms with van der Waals surface area (Å²) in [6.45, 7) is 10.8. The number of amides is 3. The minimum atomic E-state index is -0.237. The van der Waals surface area contributed by atoms with Gasteiger partial charge in [0.2, 0.25) is 17.7 Å². The van der Waals surface area contributed by atoms with Crippen molar-refractivity contribution >= 4 is 23.4 Å². The van der Waals surface area contributed by atoms with E-state index in [0.29, 0.717) is 19.5 Å². The van der Waals surface area contributed by atoms with Gasteiger partial charge in [0, 0.05) is 38.3 Å². The molecule has 7 heteroatoms. The molecule has 1 fully saturated rings. The second-order valence-electron chi connectivity index (χ2n) is 7.46. The maximum absolute atomic E-state index is 12.2. The van der Waals surface area contributed by atoms with Gasteiger partial charge in [-0.1, -0.05) is 24.6 Å². The molecule has 7 nitrogen and oxygen atoms in total. The van der Waals surface area contributed by atoms with E-state index in [9.17, 15) is 14.4 Å². The summed E-state index contributed by atoms with van der Waals surface area (Å²) in [6, 6.07) is 4.04. The number of aryl methyl sites for hydroxylation is 3. The lowest BCUT2D eigenvalue weighted by Gasteiger charge is -2.21. The minimum absolute atomic E-state index is 0.0557. The molecule has 0 radical (unpaired) electrons. The van der Waals surface area contributed by atoms with E-state index in [4.69, 9.17) is 0 Å². The van der Waals surface area contributed by atoms with Crippen LogP contribution < -0.4 is 10.6 Å². The highest BCUT2D eigenvalue weighted by molar-refractivity contribution is 5.96. The molecule has 2 rings (SSSR count). The first-order chi connectivity index (χ1) is 13.3. The van der Waals surface area contributed by atoms with Crippen molar-refractivity contribution in [3.05, 3.63) is 28.8 Å². The summed E-state index contributed by atoms with van der Waals surface area (Å²) in [4.78, 5) is 40.2. The van der Waals surface area contributed by atoms with Crippen LogP contribution in [0.1, 0.15) is 36.5 Å². The Labute approximate surface area is 167 Å². The number of nitrogens with one attached hydrogen (secondary N) is 2. The summed E-state index contributed by atoms with van der Waals surface area (Å²) in [6.07, 6.45) is 1.36. The molecule has 0 bridgehead atoms. The number of nitrogens with zero attached hydrogens (tertiary/aromatic N) is 2. The molecule has 3 amide bonds. The van der Waals surface area contributed by atoms with Crippen LogP contribution in [0.5, 0.6) is 0 Å². The molecule has 2 N–H and O–H groups in total. The predicted octanol–water partition coefficient (Wildman–Crippen LogP) is 1.61. The molecule has 1 saturated heterocycles. The Morgan fingerprint density at radius 2 is 1.64 bits per heavy atom. The third kappa shape index (κ3) is 6.34. The Bertz CT molecular complexity index is 709. The normalized spacial score (nSPS) is 15.1. The number of rotatable bonds is 6. The monoisotopic (exact) mass is 388 g/mol. The lowest BCUT2D eigenvalue weighted by molar-refractivity contribution is -0.130. The van der Waals surface area contributed by atoms with Gasteiger partial charge in [0.05, 0.1) is 13.1 Å². The fourth-order valence-corrected chi connectivity index (χ4v) is 3.60. The van der Waals surface area contributed by atoms with Crippen LogP contribution in [-0.2, 0) is 14.4 Å². The number of anilines is 1. The largest absolute Gasteiger partial charge is 0.346 e. The molecule has 0 aromatic heterocycles. The van der Waals surface area contributed by atoms with Gasteiger partial charge in [-0.15, -0.1) is 0 Å². The molecular formula is C21H32N4O3. The Hall–Kier alpha value is -2.41. The summed E-state index contributed by atoms with van der Waals surface area (Å²) < 4.78 is 0. The smallest absolute Gasteiger partial charge is 0.243 e. The predicted molar refractivity (Wildman–Crippen MR) is 110 cm³/mol. The van der Waals surface area contributed by atoms with Crippen molar-refractivity contribution in [3.63, 3.8) is 0 Å². The fraction of sp³-hybridized carbons (Fsp3) is 0.571. The van der Waals surface area contributed by atoms with Crippen LogP contribution in [0.2, 0.25) is 0 Å². The Kier molecular flexibility index (Phi) is 7.99. The van der Waals surface area contributed by atoms with Gasteiger partial charge in [-0.3, -0.25) is 19.3 Å². The number of carbonyl (C=O) groups excluding carboxylic acids is 3. The second kappa shape index (κ2) is 10.2. The van der Waals surface area contributed by atoms with Crippen LogP contribution in [0, 0.1) is 20.8 Å². The molecule has 1 aromatic carbocycles. The van der Waals surface area contributed by atoms with Crippen molar-refractivity contribution in [3.8, 4) is 0 Å². The summed E-state index contributed by atoms with van der Waals surface area (Å²) in [5.41, 5.74) is 3.97. The lowest BCUT2D eigenvalue weighted by Crippen LogP contribution is -2.42. The molecule has 1 aliphatic rings. The highest BCUT2D eigenvalue weighted by atomic mass is 16.2. The summed E-state index contributed by atoms with van der Waals surface area (Å²) in [5, 5.41) is 5.58. The number of carbonyl (C=O) groups is 3. The van der Waals surface area contributed by atoms with E-state index in [1.807, 2.05) is 49.6 Å². The second-order valence-corrected chi connectivity index (χ2v) is 7.46. The summed E-state index contributed by atoms with van der Waals surface area (Å²) in [5.74, 6) is -0.258. The summed E-state index contributed by atoms with van der Waals surface area (Å²) in [7, 11) is 0. The number of hydrogen-bond acceptors (Lipinski definition) is 4. The zero-order valence-corrected chi connectivity index (χ0v) is 17.4. The molecule has 1 aliphatic heterocycles. The van der Waals surface area contributed by atoms with Gasteiger partial charge >= 0.3 is 0 Å². The van der Waals surface area contributed by atoms with Gasteiger partial charge in [-0.25, -0.2) is 0 Å². The molecular weight excluding hydrogens is 356 g/mol. The summed E-state index contributed by atoms with van der Waals surface area (Å²) >= 11 is 0. The third-order valence-corrected chi connectivity index (χ3v) is 5.00. The van der Waals surface area contributed by atoms with E-state index in [0.717, 1.165) is 41.9 Å². The Balaban J connectivity index is 1.78. The minimum Gasteiger partial charge on any atom is -0.346 e. The van der Waals surface area contributed by atoms with E-state index in [1.54, 1.807) is 0 Å². The number of hydrogen-bond donors (Lipinski definition) is 2. The first-order valence-corrected chi connectivity index (χ1v) is 9.94. The average Bonchev–Trinajstić information content (AvgIpc) is 2.88. The molecule has 0 atom stereocenters. The van der Waals surface area contributed by atoms with E-state index >= 15 is 0 Å². The van der Waals surface area contributed by atoms with Crippen molar-refractivity contribution in [1.82, 2.24) is 15.1 Å². The van der Waals surface area contributed by atoms with Crippen molar-refractivity contribution in [2.45, 2.75) is 40.5 Å². The van der Waals surface area contributed by atoms with Gasteiger partial charge in [0.15, 0.2) is 0 Å². The van der Waals surface area contributed by atoms with Crippen molar-refractivity contribution in [2.75, 3.05) is 44.6 Å². The molecule has 1 heterocycles. The van der Waals surface area contributed by atoms with Crippen molar-refractivity contribution < 1.29 is 14.4 Å². The van der Waals surface area contributed by atoms with E-state index in [1.165, 1.54) is 0 Å². The molecule has 154 valence electrons. The van der Waals surface area contributed by atoms with Crippen LogP contribution in [0.4, 0.5) is 5.69 Å². The molecule has 0 spiro atoms. The molecule has 0 aliphatic carbocycles. The standard InChI is InChI=1S/C21H32N4O3/c1-5-20(28)25-8-6-7-24(9-10-25)14-19(27)22-13-18(26)23-21-16(3)11-15(2)12-17(21)4/h11-12H,5-10,13-14H2,1-4H3,(H,22,27)(H,23,26). The van der Waals surface area contributed by atoms with Crippen LogP contribution in [-0.4, -0.2) is 66.8 Å². The number of benzene rings is 1. The van der Waals surface area contributed by atoms with E-state index in [2.05, 4.69) is 10.6 Å². The van der Waals surface area contributed by atoms with E-state index < -0.39 is 0 Å². The quantitative estimate of drug-likeness (QED) is 0.776.